The van der Waals surface area contributed by atoms with Gasteiger partial charge in [-0.15, -0.1) is 0 Å². The summed E-state index contributed by atoms with van der Waals surface area (Å²) in [5.41, 5.74) is 3.53. The van der Waals surface area contributed by atoms with Gasteiger partial charge in [-0.2, -0.15) is 13.5 Å². The fraction of sp³-hybridized carbons (Fsp3) is 0.192. The monoisotopic (exact) mass is 463 g/mol. The van der Waals surface area contributed by atoms with E-state index in [-0.39, 0.29) is 16.1 Å². The molecule has 0 radical (unpaired) electrons. The average molecular weight is 464 g/mol. The third kappa shape index (κ3) is 5.14. The largest absolute Gasteiger partial charge is 0.342 e. The highest BCUT2D eigenvalue weighted by Crippen LogP contribution is 2.24. The van der Waals surface area contributed by atoms with Crippen LogP contribution in [0.15, 0.2) is 89.0 Å². The Labute approximate surface area is 193 Å². The van der Waals surface area contributed by atoms with Crippen molar-refractivity contribution in [1.29, 1.82) is 0 Å². The van der Waals surface area contributed by atoms with Crippen molar-refractivity contribution in [2.45, 2.75) is 37.6 Å². The van der Waals surface area contributed by atoms with Crippen molar-refractivity contribution in [3.8, 4) is 0 Å². The highest BCUT2D eigenvalue weighted by Gasteiger charge is 2.17. The Bertz CT molecular complexity index is 1420. The number of halogens is 1. The molecule has 0 aliphatic heterocycles. The summed E-state index contributed by atoms with van der Waals surface area (Å²) in [6, 6.07) is 21.0. The molecule has 1 aromatic heterocycles. The van der Waals surface area contributed by atoms with Crippen LogP contribution < -0.4 is 4.83 Å². The maximum absolute atomic E-state index is 13.6. The van der Waals surface area contributed by atoms with Crippen molar-refractivity contribution in [2.75, 3.05) is 0 Å². The fourth-order valence-electron chi connectivity index (χ4n) is 3.69. The number of nitrogens with one attached hydrogen (secondary N) is 1. The lowest BCUT2D eigenvalue weighted by Crippen LogP contribution is -2.19. The van der Waals surface area contributed by atoms with E-state index in [2.05, 4.69) is 30.7 Å². The first-order valence-electron chi connectivity index (χ1n) is 10.6. The van der Waals surface area contributed by atoms with E-state index in [9.17, 15) is 12.8 Å². The molecule has 170 valence electrons. The Balaban J connectivity index is 1.57. The van der Waals surface area contributed by atoms with Crippen molar-refractivity contribution in [2.24, 2.45) is 5.10 Å². The molecule has 0 unspecified atom stereocenters. The Morgan fingerprint density at radius 3 is 2.42 bits per heavy atom. The number of rotatable bonds is 6. The summed E-state index contributed by atoms with van der Waals surface area (Å²) in [6.07, 6.45) is 3.37. The van der Waals surface area contributed by atoms with Crippen LogP contribution in [0, 0.1) is 5.82 Å². The van der Waals surface area contributed by atoms with Crippen molar-refractivity contribution >= 4 is 27.1 Å². The zero-order chi connectivity index (χ0) is 23.6. The molecular weight excluding hydrogens is 437 g/mol. The summed E-state index contributed by atoms with van der Waals surface area (Å²) in [5.74, 6) is -0.282. The number of fused-ring (bicyclic) bond motifs is 1. The number of hydrazone groups is 1. The molecule has 0 atom stereocenters. The van der Waals surface area contributed by atoms with Crippen LogP contribution in [0.5, 0.6) is 0 Å². The molecule has 0 amide bonds. The normalized spacial score (nSPS) is 12.5. The topological polar surface area (TPSA) is 63.5 Å². The molecule has 0 saturated heterocycles. The Kier molecular flexibility index (Phi) is 6.08. The van der Waals surface area contributed by atoms with E-state index in [0.717, 1.165) is 27.6 Å². The van der Waals surface area contributed by atoms with Gasteiger partial charge in [-0.3, -0.25) is 0 Å². The number of nitrogens with zero attached hydrogens (tertiary/aromatic N) is 2. The molecule has 0 bridgehead atoms. The van der Waals surface area contributed by atoms with Gasteiger partial charge in [0.1, 0.15) is 5.82 Å². The maximum atomic E-state index is 13.6. The summed E-state index contributed by atoms with van der Waals surface area (Å²) >= 11 is 0. The van der Waals surface area contributed by atoms with Gasteiger partial charge in [-0.25, -0.2) is 9.22 Å². The second-order valence-corrected chi connectivity index (χ2v) is 10.6. The molecule has 4 aromatic rings. The molecule has 5 nitrogen and oxygen atoms in total. The third-order valence-corrected chi connectivity index (χ3v) is 6.71. The molecule has 7 heteroatoms. The summed E-state index contributed by atoms with van der Waals surface area (Å²) in [6.45, 7) is 6.70. The minimum atomic E-state index is -3.79. The van der Waals surface area contributed by atoms with Crippen LogP contribution in [0.2, 0.25) is 0 Å². The standard InChI is InChI=1S/C26H26FN3O2S/c1-26(2,3)21-11-13-23(14-12-21)33(31,32)29-28-16-20-18-30(25-10-5-4-9-24(20)25)17-19-7-6-8-22(27)15-19/h4-16,18,29H,17H2,1-3H3/b28-16+. The Morgan fingerprint density at radius 2 is 1.73 bits per heavy atom. The number of aromatic nitrogens is 1. The van der Waals surface area contributed by atoms with Gasteiger partial charge in [0.2, 0.25) is 0 Å². The molecule has 4 rings (SSSR count). The second kappa shape index (κ2) is 8.83. The molecule has 0 aliphatic rings. The quantitative estimate of drug-likeness (QED) is 0.306. The molecular formula is C26H26FN3O2S. The molecule has 0 fully saturated rings. The van der Waals surface area contributed by atoms with E-state index >= 15 is 0 Å². The highest BCUT2D eigenvalue weighted by molar-refractivity contribution is 7.89. The van der Waals surface area contributed by atoms with Crippen molar-refractivity contribution in [1.82, 2.24) is 9.40 Å². The van der Waals surface area contributed by atoms with Gasteiger partial charge < -0.3 is 4.57 Å². The van der Waals surface area contributed by atoms with Gasteiger partial charge in [-0.05, 0) is 46.9 Å². The number of para-hydroxylation sites is 1. The van der Waals surface area contributed by atoms with Gasteiger partial charge in [0.25, 0.3) is 10.0 Å². The molecule has 1 N–H and O–H groups in total. The maximum Gasteiger partial charge on any atom is 0.276 e. The zero-order valence-electron chi connectivity index (χ0n) is 18.8. The van der Waals surface area contributed by atoms with Gasteiger partial charge in [0.05, 0.1) is 11.1 Å². The number of hydrogen-bond acceptors (Lipinski definition) is 3. The molecule has 0 saturated carbocycles. The van der Waals surface area contributed by atoms with Crippen LogP contribution in [-0.2, 0) is 22.0 Å². The summed E-state index contributed by atoms with van der Waals surface area (Å²) in [4.78, 5) is 2.45. The smallest absolute Gasteiger partial charge is 0.276 e. The lowest BCUT2D eigenvalue weighted by atomic mass is 9.87. The van der Waals surface area contributed by atoms with E-state index in [1.807, 2.05) is 53.2 Å². The van der Waals surface area contributed by atoms with E-state index in [0.29, 0.717) is 6.54 Å². The van der Waals surface area contributed by atoms with E-state index in [1.165, 1.54) is 18.3 Å². The summed E-state index contributed by atoms with van der Waals surface area (Å²) in [5, 5.41) is 4.93. The first kappa shape index (κ1) is 22.7. The van der Waals surface area contributed by atoms with Gasteiger partial charge in [-0.1, -0.05) is 63.2 Å². The van der Waals surface area contributed by atoms with Crippen LogP contribution in [0.1, 0.15) is 37.5 Å². The molecule has 1 heterocycles. The zero-order valence-corrected chi connectivity index (χ0v) is 19.6. The minimum Gasteiger partial charge on any atom is -0.342 e. The highest BCUT2D eigenvalue weighted by atomic mass is 32.2. The van der Waals surface area contributed by atoms with E-state index < -0.39 is 10.0 Å². The van der Waals surface area contributed by atoms with Crippen LogP contribution in [0.3, 0.4) is 0 Å². The fourth-order valence-corrected chi connectivity index (χ4v) is 4.48. The molecule has 3 aromatic carbocycles. The van der Waals surface area contributed by atoms with Crippen molar-refractivity contribution in [3.05, 3.63) is 102 Å². The number of benzene rings is 3. The SMILES string of the molecule is CC(C)(C)c1ccc(S(=O)(=O)N/N=C/c2cn(Cc3cccc(F)c3)c3ccccc23)cc1. The van der Waals surface area contributed by atoms with Crippen molar-refractivity contribution in [3.63, 3.8) is 0 Å². The molecule has 0 spiro atoms. The number of hydrogen-bond donors (Lipinski definition) is 1. The van der Waals surface area contributed by atoms with Gasteiger partial charge >= 0.3 is 0 Å². The molecule has 33 heavy (non-hydrogen) atoms. The van der Waals surface area contributed by atoms with Crippen LogP contribution in [0.4, 0.5) is 4.39 Å². The average Bonchev–Trinajstić information content (AvgIpc) is 3.11. The third-order valence-electron chi connectivity index (χ3n) is 5.47. The summed E-state index contributed by atoms with van der Waals surface area (Å²) < 4.78 is 40.9. The predicted octanol–water partition coefficient (Wildman–Crippen LogP) is 5.44. The van der Waals surface area contributed by atoms with E-state index in [1.54, 1.807) is 18.2 Å². The van der Waals surface area contributed by atoms with Gasteiger partial charge in [0, 0.05) is 29.2 Å². The van der Waals surface area contributed by atoms with E-state index in [4.69, 9.17) is 0 Å². The van der Waals surface area contributed by atoms with Crippen LogP contribution >= 0.6 is 0 Å². The lowest BCUT2D eigenvalue weighted by molar-refractivity contribution is 0.580. The first-order chi connectivity index (χ1) is 15.6. The first-order valence-corrected chi connectivity index (χ1v) is 12.1. The minimum absolute atomic E-state index is 0.0619. The second-order valence-electron chi connectivity index (χ2n) is 8.99. The van der Waals surface area contributed by atoms with Gasteiger partial charge in [0.15, 0.2) is 0 Å². The van der Waals surface area contributed by atoms with Crippen LogP contribution in [0.25, 0.3) is 10.9 Å². The predicted molar refractivity (Wildman–Crippen MR) is 130 cm³/mol. The van der Waals surface area contributed by atoms with Crippen LogP contribution in [-0.4, -0.2) is 19.2 Å². The molecule has 0 aliphatic carbocycles. The Morgan fingerprint density at radius 1 is 1.00 bits per heavy atom. The number of sulfonamides is 1. The Hall–Kier alpha value is -3.45. The summed E-state index contributed by atoms with van der Waals surface area (Å²) in [7, 11) is -3.79. The van der Waals surface area contributed by atoms with Crippen molar-refractivity contribution < 1.29 is 12.8 Å². The lowest BCUT2D eigenvalue weighted by Gasteiger charge is -2.19.